The Bertz CT molecular complexity index is 837. The second-order valence-electron chi connectivity index (χ2n) is 6.08. The molecule has 1 atom stereocenters. The molecule has 0 bridgehead atoms. The first-order valence-corrected chi connectivity index (χ1v) is 8.99. The van der Waals surface area contributed by atoms with Crippen molar-refractivity contribution in [2.75, 3.05) is 19.6 Å². The zero-order chi connectivity index (χ0) is 16.4. The maximum absolute atomic E-state index is 4.62. The molecule has 0 saturated carbocycles. The summed E-state index contributed by atoms with van der Waals surface area (Å²) in [5.74, 6) is 0. The maximum Gasteiger partial charge on any atom is 0.0758 e. The zero-order valence-electron chi connectivity index (χ0n) is 13.3. The van der Waals surface area contributed by atoms with Crippen molar-refractivity contribution < 1.29 is 0 Å². The van der Waals surface area contributed by atoms with Gasteiger partial charge in [-0.2, -0.15) is 0 Å². The monoisotopic (exact) mass is 382 g/mol. The van der Waals surface area contributed by atoms with Crippen LogP contribution in [0.5, 0.6) is 0 Å². The van der Waals surface area contributed by atoms with Crippen LogP contribution in [0.1, 0.15) is 17.2 Å². The third-order valence-corrected chi connectivity index (χ3v) is 5.31. The molecule has 1 aliphatic heterocycles. The Hall–Kier alpha value is -1.82. The van der Waals surface area contributed by atoms with Crippen molar-refractivity contribution in [1.29, 1.82) is 0 Å². The minimum Gasteiger partial charge on any atom is -0.314 e. The highest BCUT2D eigenvalue weighted by Gasteiger charge is 2.24. The zero-order valence-corrected chi connectivity index (χ0v) is 14.9. The third kappa shape index (κ3) is 3.07. The van der Waals surface area contributed by atoms with Gasteiger partial charge in [-0.05, 0) is 35.4 Å². The predicted octanol–water partition coefficient (Wildman–Crippen LogP) is 3.54. The van der Waals surface area contributed by atoms with Gasteiger partial charge in [-0.25, -0.2) is 0 Å². The first-order valence-electron chi connectivity index (χ1n) is 8.20. The van der Waals surface area contributed by atoms with Crippen molar-refractivity contribution in [3.8, 4) is 0 Å². The second kappa shape index (κ2) is 6.97. The van der Waals surface area contributed by atoms with Crippen LogP contribution in [-0.4, -0.2) is 34.5 Å². The summed E-state index contributed by atoms with van der Waals surface area (Å²) in [7, 11) is 0. The largest absolute Gasteiger partial charge is 0.314 e. The quantitative estimate of drug-likeness (QED) is 0.751. The molecular formula is C19H19BrN4. The van der Waals surface area contributed by atoms with Crippen molar-refractivity contribution in [3.63, 3.8) is 0 Å². The fraction of sp³-hybridized carbons (Fsp3) is 0.263. The summed E-state index contributed by atoms with van der Waals surface area (Å²) in [4.78, 5) is 11.3. The number of rotatable bonds is 3. The number of benzene rings is 1. The molecule has 1 N–H and O–H groups in total. The number of hydrogen-bond acceptors (Lipinski definition) is 4. The molecular weight excluding hydrogens is 364 g/mol. The number of piperazine rings is 1. The summed E-state index contributed by atoms with van der Waals surface area (Å²) in [5.41, 5.74) is 3.67. The molecule has 1 saturated heterocycles. The Morgan fingerprint density at radius 3 is 2.88 bits per heavy atom. The van der Waals surface area contributed by atoms with E-state index in [1.54, 1.807) is 0 Å². The Morgan fingerprint density at radius 1 is 1.12 bits per heavy atom. The van der Waals surface area contributed by atoms with E-state index in [1.807, 2.05) is 24.7 Å². The van der Waals surface area contributed by atoms with E-state index in [0.717, 1.165) is 36.2 Å². The number of nitrogens with zero attached hydrogens (tertiary/aromatic N) is 3. The predicted molar refractivity (Wildman–Crippen MR) is 99.7 cm³/mol. The highest BCUT2D eigenvalue weighted by atomic mass is 79.9. The van der Waals surface area contributed by atoms with Gasteiger partial charge in [0.1, 0.15) is 0 Å². The minimum atomic E-state index is 0.365. The van der Waals surface area contributed by atoms with E-state index < -0.39 is 0 Å². The minimum absolute atomic E-state index is 0.365. The van der Waals surface area contributed by atoms with Crippen LogP contribution in [-0.2, 0) is 6.54 Å². The topological polar surface area (TPSA) is 41.0 Å². The lowest BCUT2D eigenvalue weighted by Gasteiger charge is -2.36. The standard InChI is InChI=1S/C19H19BrN4/c20-17-4-3-15(19-16(17)2-1-7-23-19)13-24-11-10-22-12-18(24)14-5-8-21-9-6-14/h1-9,18,22H,10-13H2. The van der Waals surface area contributed by atoms with Gasteiger partial charge in [0.2, 0.25) is 0 Å². The SMILES string of the molecule is Brc1ccc(CN2CCNCC2c2ccncc2)c2ncccc12. The average Bonchev–Trinajstić information content (AvgIpc) is 2.65. The van der Waals surface area contributed by atoms with Gasteiger partial charge in [-0.15, -0.1) is 0 Å². The van der Waals surface area contributed by atoms with Crippen molar-refractivity contribution >= 4 is 26.8 Å². The van der Waals surface area contributed by atoms with Crippen molar-refractivity contribution in [2.45, 2.75) is 12.6 Å². The van der Waals surface area contributed by atoms with Gasteiger partial charge in [0.25, 0.3) is 0 Å². The third-order valence-electron chi connectivity index (χ3n) is 4.62. The van der Waals surface area contributed by atoms with Gasteiger partial charge in [-0.3, -0.25) is 14.9 Å². The molecule has 24 heavy (non-hydrogen) atoms. The number of nitrogens with one attached hydrogen (secondary N) is 1. The van der Waals surface area contributed by atoms with E-state index in [4.69, 9.17) is 0 Å². The first kappa shape index (κ1) is 15.7. The molecule has 0 aliphatic carbocycles. The molecule has 3 heterocycles. The van der Waals surface area contributed by atoms with E-state index >= 15 is 0 Å². The molecule has 1 fully saturated rings. The molecule has 1 aliphatic rings. The Labute approximate surface area is 150 Å². The average molecular weight is 383 g/mol. The lowest BCUT2D eigenvalue weighted by molar-refractivity contribution is 0.154. The molecule has 4 rings (SSSR count). The lowest BCUT2D eigenvalue weighted by atomic mass is 10.0. The molecule has 3 aromatic rings. The Morgan fingerprint density at radius 2 is 2.00 bits per heavy atom. The number of pyridine rings is 2. The van der Waals surface area contributed by atoms with E-state index in [1.165, 1.54) is 16.5 Å². The van der Waals surface area contributed by atoms with Gasteiger partial charge in [-0.1, -0.05) is 28.1 Å². The highest BCUT2D eigenvalue weighted by molar-refractivity contribution is 9.10. The van der Waals surface area contributed by atoms with Gasteiger partial charge < -0.3 is 5.32 Å². The number of hydrogen-bond donors (Lipinski definition) is 1. The number of fused-ring (bicyclic) bond motifs is 1. The van der Waals surface area contributed by atoms with Crippen LogP contribution in [0, 0.1) is 0 Å². The molecule has 0 spiro atoms. The maximum atomic E-state index is 4.62. The van der Waals surface area contributed by atoms with Gasteiger partial charge in [0.15, 0.2) is 0 Å². The summed E-state index contributed by atoms with van der Waals surface area (Å²) in [6.45, 7) is 3.90. The molecule has 0 radical (unpaired) electrons. The van der Waals surface area contributed by atoms with Crippen LogP contribution in [0.3, 0.4) is 0 Å². The summed E-state index contributed by atoms with van der Waals surface area (Å²) in [6.07, 6.45) is 5.62. The second-order valence-corrected chi connectivity index (χ2v) is 6.93. The normalized spacial score (nSPS) is 18.8. The summed E-state index contributed by atoms with van der Waals surface area (Å²) in [6, 6.07) is 13.0. The fourth-order valence-electron chi connectivity index (χ4n) is 3.39. The van der Waals surface area contributed by atoms with Crippen LogP contribution in [0.4, 0.5) is 0 Å². The molecule has 4 nitrogen and oxygen atoms in total. The van der Waals surface area contributed by atoms with Gasteiger partial charge in [0, 0.05) is 60.7 Å². The number of halogens is 1. The summed E-state index contributed by atoms with van der Waals surface area (Å²) < 4.78 is 1.10. The molecule has 122 valence electrons. The van der Waals surface area contributed by atoms with Gasteiger partial charge >= 0.3 is 0 Å². The highest BCUT2D eigenvalue weighted by Crippen LogP contribution is 2.29. The molecule has 5 heteroatoms. The lowest BCUT2D eigenvalue weighted by Crippen LogP contribution is -2.45. The molecule has 1 unspecified atom stereocenters. The van der Waals surface area contributed by atoms with Crippen LogP contribution >= 0.6 is 15.9 Å². The van der Waals surface area contributed by atoms with E-state index in [0.29, 0.717) is 6.04 Å². The van der Waals surface area contributed by atoms with Gasteiger partial charge in [0.05, 0.1) is 5.52 Å². The fourth-order valence-corrected chi connectivity index (χ4v) is 3.84. The smallest absolute Gasteiger partial charge is 0.0758 e. The van der Waals surface area contributed by atoms with Crippen LogP contribution in [0.25, 0.3) is 10.9 Å². The molecule has 1 aromatic carbocycles. The summed E-state index contributed by atoms with van der Waals surface area (Å²) >= 11 is 3.63. The van der Waals surface area contributed by atoms with E-state index in [2.05, 4.69) is 66.4 Å². The van der Waals surface area contributed by atoms with Crippen molar-refractivity contribution in [1.82, 2.24) is 20.2 Å². The Balaban J connectivity index is 1.67. The van der Waals surface area contributed by atoms with E-state index in [-0.39, 0.29) is 0 Å². The molecule has 0 amide bonds. The van der Waals surface area contributed by atoms with E-state index in [9.17, 15) is 0 Å². The number of aromatic nitrogens is 2. The van der Waals surface area contributed by atoms with Crippen molar-refractivity contribution in [2.24, 2.45) is 0 Å². The van der Waals surface area contributed by atoms with Crippen LogP contribution in [0.15, 0.2) is 59.5 Å². The molecule has 2 aromatic heterocycles. The first-order chi connectivity index (χ1) is 11.8. The Kier molecular flexibility index (Phi) is 4.56. The van der Waals surface area contributed by atoms with Crippen molar-refractivity contribution in [3.05, 3.63) is 70.6 Å². The summed E-state index contributed by atoms with van der Waals surface area (Å²) in [5, 5.41) is 4.68. The van der Waals surface area contributed by atoms with Crippen LogP contribution < -0.4 is 5.32 Å². The van der Waals surface area contributed by atoms with Crippen LogP contribution in [0.2, 0.25) is 0 Å².